The number of hydrogen-bond donors (Lipinski definition) is 2. The molecule has 4 rings (SSSR count). The third kappa shape index (κ3) is 2.47. The number of aromatic nitrogens is 3. The van der Waals surface area contributed by atoms with E-state index in [2.05, 4.69) is 15.4 Å². The Kier molecular flexibility index (Phi) is 3.67. The lowest BCUT2D eigenvalue weighted by atomic mass is 10.1. The number of furan rings is 1. The van der Waals surface area contributed by atoms with Gasteiger partial charge in [0, 0.05) is 23.5 Å². The van der Waals surface area contributed by atoms with Gasteiger partial charge >= 0.3 is 0 Å². The fourth-order valence-electron chi connectivity index (χ4n) is 3.03. The number of hydrogen-bond acceptors (Lipinski definition) is 5. The summed E-state index contributed by atoms with van der Waals surface area (Å²) in [4.78, 5) is 4.18. The van der Waals surface area contributed by atoms with Crippen LogP contribution in [-0.2, 0) is 0 Å². The number of piperidine rings is 1. The highest BCUT2D eigenvalue weighted by Gasteiger charge is 2.21. The van der Waals surface area contributed by atoms with E-state index in [1.54, 1.807) is 6.20 Å². The van der Waals surface area contributed by atoms with Gasteiger partial charge in [0.1, 0.15) is 5.02 Å². The molecule has 23 heavy (non-hydrogen) atoms. The van der Waals surface area contributed by atoms with Gasteiger partial charge in [0.15, 0.2) is 11.4 Å². The Bertz CT molecular complexity index is 866. The van der Waals surface area contributed by atoms with Crippen molar-refractivity contribution in [2.24, 2.45) is 0 Å². The van der Waals surface area contributed by atoms with Crippen LogP contribution in [-0.4, -0.2) is 27.9 Å². The summed E-state index contributed by atoms with van der Waals surface area (Å²) in [6.45, 7) is 2.02. The average Bonchev–Trinajstić information content (AvgIpc) is 3.16. The van der Waals surface area contributed by atoms with E-state index in [1.807, 2.05) is 17.1 Å². The van der Waals surface area contributed by atoms with Crippen molar-refractivity contribution in [2.75, 3.05) is 18.8 Å². The molecule has 0 saturated carbocycles. The van der Waals surface area contributed by atoms with Crippen LogP contribution in [0.1, 0.15) is 18.9 Å². The molecule has 0 spiro atoms. The molecule has 1 aliphatic heterocycles. The number of nitrogen functional groups attached to an aromatic ring is 1. The quantitative estimate of drug-likeness (QED) is 0.738. The summed E-state index contributed by atoms with van der Waals surface area (Å²) in [6.07, 6.45) is 7.63. The topological polar surface area (TPSA) is 81.9 Å². The molecule has 8 heteroatoms. The molecule has 0 bridgehead atoms. The molecule has 3 N–H and O–H groups in total. The summed E-state index contributed by atoms with van der Waals surface area (Å²) in [5.74, 6) is 0.267. The van der Waals surface area contributed by atoms with Crippen LogP contribution in [0.2, 0.25) is 10.2 Å². The van der Waals surface area contributed by atoms with E-state index in [-0.39, 0.29) is 11.0 Å². The predicted octanol–water partition coefficient (Wildman–Crippen LogP) is 3.50. The number of fused-ring (bicyclic) bond motifs is 1. The maximum Gasteiger partial charge on any atom is 0.213 e. The molecule has 1 fully saturated rings. The Morgan fingerprint density at radius 2 is 2.04 bits per heavy atom. The van der Waals surface area contributed by atoms with E-state index in [9.17, 15) is 0 Å². The van der Waals surface area contributed by atoms with E-state index >= 15 is 0 Å². The van der Waals surface area contributed by atoms with Crippen molar-refractivity contribution in [3.05, 3.63) is 28.8 Å². The summed E-state index contributed by atoms with van der Waals surface area (Å²) in [7, 11) is 0. The zero-order chi connectivity index (χ0) is 16.0. The summed E-state index contributed by atoms with van der Waals surface area (Å²) >= 11 is 12.3. The summed E-state index contributed by atoms with van der Waals surface area (Å²) in [6, 6.07) is 0.408. The summed E-state index contributed by atoms with van der Waals surface area (Å²) in [5.41, 5.74) is 8.00. The van der Waals surface area contributed by atoms with Crippen LogP contribution in [0.15, 0.2) is 23.0 Å². The third-order valence-electron chi connectivity index (χ3n) is 4.24. The fraction of sp³-hybridized carbons (Fsp3) is 0.333. The van der Waals surface area contributed by atoms with Gasteiger partial charge in [0.25, 0.3) is 0 Å². The minimum Gasteiger partial charge on any atom is -0.439 e. The molecule has 6 nitrogen and oxygen atoms in total. The molecule has 0 unspecified atom stereocenters. The van der Waals surface area contributed by atoms with Crippen LogP contribution in [0.3, 0.4) is 0 Å². The van der Waals surface area contributed by atoms with E-state index < -0.39 is 0 Å². The molecular formula is C15H15Cl2N5O. The zero-order valence-corrected chi connectivity index (χ0v) is 13.7. The Balaban J connectivity index is 1.80. The van der Waals surface area contributed by atoms with Gasteiger partial charge in [-0.15, -0.1) is 0 Å². The molecule has 0 aliphatic carbocycles. The SMILES string of the molecule is Nc1ncc(-c2cnn(C3CCNCC3)c2)c2c(Cl)c(Cl)oc12. The second-order valence-corrected chi connectivity index (χ2v) is 6.36. The van der Waals surface area contributed by atoms with E-state index in [0.717, 1.165) is 37.1 Å². The van der Waals surface area contributed by atoms with Gasteiger partial charge < -0.3 is 15.5 Å². The minimum atomic E-state index is 0.119. The molecule has 0 aromatic carbocycles. The van der Waals surface area contributed by atoms with Gasteiger partial charge in [0.05, 0.1) is 17.6 Å². The molecule has 3 aromatic rings. The first-order chi connectivity index (χ1) is 11.1. The Morgan fingerprint density at radius 1 is 1.26 bits per heavy atom. The summed E-state index contributed by atoms with van der Waals surface area (Å²) < 4.78 is 7.43. The van der Waals surface area contributed by atoms with Crippen LogP contribution >= 0.6 is 23.2 Å². The number of pyridine rings is 1. The second kappa shape index (κ2) is 5.70. The van der Waals surface area contributed by atoms with E-state index in [1.165, 1.54) is 0 Å². The molecule has 120 valence electrons. The largest absolute Gasteiger partial charge is 0.439 e. The number of nitrogens with zero attached hydrogens (tertiary/aromatic N) is 3. The average molecular weight is 352 g/mol. The minimum absolute atomic E-state index is 0.119. The molecule has 3 aromatic heterocycles. The Hall–Kier alpha value is -1.76. The number of nitrogens with two attached hydrogens (primary N) is 1. The van der Waals surface area contributed by atoms with Crippen molar-refractivity contribution < 1.29 is 4.42 Å². The van der Waals surface area contributed by atoms with E-state index in [4.69, 9.17) is 33.4 Å². The lowest BCUT2D eigenvalue weighted by Gasteiger charge is -2.22. The normalized spacial score (nSPS) is 16.3. The van der Waals surface area contributed by atoms with Gasteiger partial charge in [-0.25, -0.2) is 4.98 Å². The van der Waals surface area contributed by atoms with Crippen molar-refractivity contribution in [1.82, 2.24) is 20.1 Å². The molecule has 4 heterocycles. The highest BCUT2D eigenvalue weighted by molar-refractivity contribution is 6.45. The monoisotopic (exact) mass is 351 g/mol. The molecule has 0 radical (unpaired) electrons. The van der Waals surface area contributed by atoms with E-state index in [0.29, 0.717) is 22.0 Å². The number of rotatable bonds is 2. The molecule has 1 saturated heterocycles. The Morgan fingerprint density at radius 3 is 2.83 bits per heavy atom. The van der Waals surface area contributed by atoms with Crippen molar-refractivity contribution >= 4 is 40.0 Å². The van der Waals surface area contributed by atoms with Gasteiger partial charge in [0.2, 0.25) is 5.22 Å². The fourth-order valence-corrected chi connectivity index (χ4v) is 3.43. The van der Waals surface area contributed by atoms with Gasteiger partial charge in [-0.3, -0.25) is 4.68 Å². The smallest absolute Gasteiger partial charge is 0.213 e. The van der Waals surface area contributed by atoms with Crippen molar-refractivity contribution in [2.45, 2.75) is 18.9 Å². The molecule has 1 aliphatic rings. The van der Waals surface area contributed by atoms with Gasteiger partial charge in [-0.2, -0.15) is 5.10 Å². The summed E-state index contributed by atoms with van der Waals surface area (Å²) in [5, 5.41) is 9.00. The first-order valence-electron chi connectivity index (χ1n) is 7.42. The maximum atomic E-state index is 6.28. The Labute approximate surface area is 142 Å². The number of halogens is 2. The lowest BCUT2D eigenvalue weighted by molar-refractivity contribution is 0.343. The van der Waals surface area contributed by atoms with Gasteiger partial charge in [-0.1, -0.05) is 11.6 Å². The van der Waals surface area contributed by atoms with Crippen LogP contribution in [0.5, 0.6) is 0 Å². The molecule has 0 atom stereocenters. The standard InChI is InChI=1S/C15H15Cl2N5O/c16-12-11-10(6-20-15(18)13(11)23-14(12)17)8-5-21-22(7-8)9-1-3-19-4-2-9/h5-7,9,19H,1-4H2,(H2,18,20). The highest BCUT2D eigenvalue weighted by Crippen LogP contribution is 2.41. The van der Waals surface area contributed by atoms with Crippen molar-refractivity contribution in [1.29, 1.82) is 0 Å². The maximum absolute atomic E-state index is 6.28. The molecule has 0 amide bonds. The lowest BCUT2D eigenvalue weighted by Crippen LogP contribution is -2.29. The second-order valence-electron chi connectivity index (χ2n) is 5.64. The van der Waals surface area contributed by atoms with Crippen LogP contribution in [0, 0.1) is 0 Å². The predicted molar refractivity (Wildman–Crippen MR) is 90.8 cm³/mol. The number of anilines is 1. The first-order valence-corrected chi connectivity index (χ1v) is 8.18. The first kappa shape index (κ1) is 14.8. The highest BCUT2D eigenvalue weighted by atomic mass is 35.5. The van der Waals surface area contributed by atoms with Gasteiger partial charge in [-0.05, 0) is 37.5 Å². The third-order valence-corrected chi connectivity index (χ3v) is 4.96. The van der Waals surface area contributed by atoms with Crippen molar-refractivity contribution in [3.8, 4) is 11.1 Å². The van der Waals surface area contributed by atoms with Crippen LogP contribution < -0.4 is 11.1 Å². The zero-order valence-electron chi connectivity index (χ0n) is 12.2. The van der Waals surface area contributed by atoms with Crippen LogP contribution in [0.25, 0.3) is 22.1 Å². The number of nitrogens with one attached hydrogen (secondary N) is 1. The molecular weight excluding hydrogens is 337 g/mol. The van der Waals surface area contributed by atoms with Crippen molar-refractivity contribution in [3.63, 3.8) is 0 Å². The van der Waals surface area contributed by atoms with Crippen LogP contribution in [0.4, 0.5) is 5.82 Å².